The molecule has 2 N–H and O–H groups in total. The summed E-state index contributed by atoms with van der Waals surface area (Å²) in [6, 6.07) is 7.67. The van der Waals surface area contributed by atoms with E-state index in [9.17, 15) is 0 Å². The molecule has 3 rings (SSSR count). The summed E-state index contributed by atoms with van der Waals surface area (Å²) in [5.41, 5.74) is 0. The maximum atomic E-state index is 5.92. The molecule has 2 heterocycles. The lowest BCUT2D eigenvalue weighted by Crippen LogP contribution is -2.47. The van der Waals surface area contributed by atoms with Gasteiger partial charge in [-0.3, -0.25) is 0 Å². The standard InChI is InChI=1S/C20H29ClN6O.HI/c1-4-18-25-19-11-8-16(13-27(19)26-18)24-20(22-5-2)23-12-14(3)28-17-9-6-15(21)7-10-17;/h6-7,9-10,14,16H,4-5,8,11-13H2,1-3H3,(H2,22,23,24);1H. The van der Waals surface area contributed by atoms with Gasteiger partial charge in [0.2, 0.25) is 0 Å². The van der Waals surface area contributed by atoms with Crippen LogP contribution in [0.3, 0.4) is 0 Å². The Kier molecular flexibility index (Phi) is 9.48. The first-order chi connectivity index (χ1) is 13.6. The highest BCUT2D eigenvalue weighted by Gasteiger charge is 2.22. The lowest BCUT2D eigenvalue weighted by atomic mass is 10.1. The van der Waals surface area contributed by atoms with Crippen molar-refractivity contribution in [2.75, 3.05) is 13.1 Å². The predicted octanol–water partition coefficient (Wildman–Crippen LogP) is 3.45. The van der Waals surface area contributed by atoms with E-state index in [0.29, 0.717) is 11.6 Å². The van der Waals surface area contributed by atoms with E-state index < -0.39 is 0 Å². The van der Waals surface area contributed by atoms with Gasteiger partial charge in [0, 0.05) is 30.5 Å². The molecule has 0 spiro atoms. The number of halogens is 2. The minimum absolute atomic E-state index is 0. The molecule has 0 amide bonds. The third-order valence-electron chi connectivity index (χ3n) is 4.56. The fourth-order valence-corrected chi connectivity index (χ4v) is 3.27. The summed E-state index contributed by atoms with van der Waals surface area (Å²) in [7, 11) is 0. The van der Waals surface area contributed by atoms with Crippen LogP contribution >= 0.6 is 35.6 Å². The van der Waals surface area contributed by atoms with Gasteiger partial charge in [-0.2, -0.15) is 5.10 Å². The molecule has 0 radical (unpaired) electrons. The van der Waals surface area contributed by atoms with Gasteiger partial charge in [0.25, 0.3) is 0 Å². The molecule has 2 atom stereocenters. The van der Waals surface area contributed by atoms with E-state index in [-0.39, 0.29) is 36.1 Å². The zero-order valence-electron chi connectivity index (χ0n) is 17.2. The Hall–Kier alpha value is -1.55. The van der Waals surface area contributed by atoms with E-state index >= 15 is 0 Å². The van der Waals surface area contributed by atoms with Crippen LogP contribution in [-0.2, 0) is 19.4 Å². The first kappa shape index (κ1) is 23.7. The number of hydrogen-bond donors (Lipinski definition) is 2. The Bertz CT molecular complexity index is 795. The summed E-state index contributed by atoms with van der Waals surface area (Å²) >= 11 is 5.92. The molecular weight excluding hydrogens is 503 g/mol. The number of rotatable bonds is 7. The van der Waals surface area contributed by atoms with Crippen LogP contribution < -0.4 is 15.4 Å². The van der Waals surface area contributed by atoms with E-state index in [1.807, 2.05) is 35.9 Å². The number of aryl methyl sites for hydroxylation is 2. The number of aliphatic imine (C=N–C) groups is 1. The lowest BCUT2D eigenvalue weighted by Gasteiger charge is -2.25. The molecule has 0 saturated carbocycles. The highest BCUT2D eigenvalue weighted by atomic mass is 127. The normalized spacial score (nSPS) is 17.1. The monoisotopic (exact) mass is 532 g/mol. The molecule has 0 saturated heterocycles. The minimum Gasteiger partial charge on any atom is -0.489 e. The van der Waals surface area contributed by atoms with Crippen molar-refractivity contribution in [3.05, 3.63) is 40.9 Å². The molecule has 0 bridgehead atoms. The van der Waals surface area contributed by atoms with Crippen LogP contribution in [0, 0.1) is 0 Å². The van der Waals surface area contributed by atoms with Gasteiger partial charge in [-0.15, -0.1) is 24.0 Å². The topological polar surface area (TPSA) is 76.4 Å². The third kappa shape index (κ3) is 7.02. The van der Waals surface area contributed by atoms with Crippen molar-refractivity contribution in [1.29, 1.82) is 0 Å². The predicted molar refractivity (Wildman–Crippen MR) is 128 cm³/mol. The van der Waals surface area contributed by atoms with Crippen molar-refractivity contribution in [1.82, 2.24) is 25.4 Å². The average Bonchev–Trinajstić information content (AvgIpc) is 3.10. The van der Waals surface area contributed by atoms with Crippen LogP contribution in [0.1, 0.15) is 38.8 Å². The van der Waals surface area contributed by atoms with E-state index in [4.69, 9.17) is 21.3 Å². The molecular formula is C20H30ClIN6O. The van der Waals surface area contributed by atoms with Crippen molar-refractivity contribution >= 4 is 41.5 Å². The molecule has 2 aromatic rings. The van der Waals surface area contributed by atoms with Crippen molar-refractivity contribution in [2.24, 2.45) is 4.99 Å². The fourth-order valence-electron chi connectivity index (χ4n) is 3.14. The number of guanidine groups is 1. The van der Waals surface area contributed by atoms with Crippen LogP contribution in [0.25, 0.3) is 0 Å². The quantitative estimate of drug-likeness (QED) is 0.325. The second kappa shape index (κ2) is 11.6. The Labute approximate surface area is 194 Å². The van der Waals surface area contributed by atoms with Gasteiger partial charge in [0.1, 0.15) is 17.7 Å². The van der Waals surface area contributed by atoms with Crippen LogP contribution in [0.4, 0.5) is 0 Å². The van der Waals surface area contributed by atoms with Crippen molar-refractivity contribution in [2.45, 2.75) is 58.7 Å². The lowest BCUT2D eigenvalue weighted by molar-refractivity contribution is 0.230. The summed E-state index contributed by atoms with van der Waals surface area (Å²) in [5, 5.41) is 12.1. The van der Waals surface area contributed by atoms with Crippen molar-refractivity contribution in [3.63, 3.8) is 0 Å². The highest BCUT2D eigenvalue weighted by molar-refractivity contribution is 14.0. The molecule has 29 heavy (non-hydrogen) atoms. The molecule has 0 fully saturated rings. The largest absolute Gasteiger partial charge is 0.489 e. The molecule has 1 aromatic heterocycles. The summed E-state index contributed by atoms with van der Waals surface area (Å²) in [6.07, 6.45) is 2.77. The van der Waals surface area contributed by atoms with Crippen LogP contribution in [0.2, 0.25) is 5.02 Å². The Balaban J connectivity index is 0.00000300. The van der Waals surface area contributed by atoms with Crippen LogP contribution in [0.5, 0.6) is 5.75 Å². The average molecular weight is 533 g/mol. The summed E-state index contributed by atoms with van der Waals surface area (Å²) < 4.78 is 7.93. The summed E-state index contributed by atoms with van der Waals surface area (Å²) in [5.74, 6) is 3.60. The van der Waals surface area contributed by atoms with Gasteiger partial charge in [0.05, 0.1) is 13.1 Å². The number of benzene rings is 1. The molecule has 9 heteroatoms. The Morgan fingerprint density at radius 1 is 1.34 bits per heavy atom. The maximum Gasteiger partial charge on any atom is 0.191 e. The Morgan fingerprint density at radius 3 is 2.79 bits per heavy atom. The minimum atomic E-state index is -0.0444. The summed E-state index contributed by atoms with van der Waals surface area (Å²) in [4.78, 5) is 9.27. The van der Waals surface area contributed by atoms with E-state index in [0.717, 1.165) is 55.7 Å². The zero-order valence-corrected chi connectivity index (χ0v) is 20.3. The van der Waals surface area contributed by atoms with Gasteiger partial charge in [0.15, 0.2) is 11.8 Å². The van der Waals surface area contributed by atoms with Gasteiger partial charge in [-0.05, 0) is 44.5 Å². The van der Waals surface area contributed by atoms with Crippen molar-refractivity contribution in [3.8, 4) is 5.75 Å². The molecule has 1 aromatic carbocycles. The van der Waals surface area contributed by atoms with E-state index in [2.05, 4.69) is 34.6 Å². The zero-order chi connectivity index (χ0) is 19.9. The van der Waals surface area contributed by atoms with Crippen LogP contribution in [-0.4, -0.2) is 46.0 Å². The summed E-state index contributed by atoms with van der Waals surface area (Å²) in [6.45, 7) is 8.33. The van der Waals surface area contributed by atoms with Gasteiger partial charge in [-0.1, -0.05) is 18.5 Å². The first-order valence-corrected chi connectivity index (χ1v) is 10.3. The second-order valence-electron chi connectivity index (χ2n) is 6.96. The number of aromatic nitrogens is 3. The number of nitrogens with zero attached hydrogens (tertiary/aromatic N) is 4. The maximum absolute atomic E-state index is 5.92. The molecule has 0 aliphatic carbocycles. The number of ether oxygens (including phenoxy) is 1. The molecule has 2 unspecified atom stereocenters. The fraction of sp³-hybridized carbons (Fsp3) is 0.550. The third-order valence-corrected chi connectivity index (χ3v) is 4.81. The number of fused-ring (bicyclic) bond motifs is 1. The second-order valence-corrected chi connectivity index (χ2v) is 7.40. The van der Waals surface area contributed by atoms with Gasteiger partial charge < -0.3 is 15.4 Å². The van der Waals surface area contributed by atoms with Gasteiger partial charge >= 0.3 is 0 Å². The van der Waals surface area contributed by atoms with Gasteiger partial charge in [-0.25, -0.2) is 14.7 Å². The number of hydrogen-bond acceptors (Lipinski definition) is 4. The Morgan fingerprint density at radius 2 is 2.10 bits per heavy atom. The van der Waals surface area contributed by atoms with Crippen molar-refractivity contribution < 1.29 is 4.74 Å². The molecule has 1 aliphatic rings. The van der Waals surface area contributed by atoms with E-state index in [1.54, 1.807) is 0 Å². The van der Waals surface area contributed by atoms with Crippen LogP contribution in [0.15, 0.2) is 29.3 Å². The number of nitrogens with one attached hydrogen (secondary N) is 2. The first-order valence-electron chi connectivity index (χ1n) is 9.97. The molecule has 7 nitrogen and oxygen atoms in total. The van der Waals surface area contributed by atoms with E-state index in [1.165, 1.54) is 0 Å². The highest BCUT2D eigenvalue weighted by Crippen LogP contribution is 2.17. The smallest absolute Gasteiger partial charge is 0.191 e. The molecule has 1 aliphatic heterocycles. The SMILES string of the molecule is CCNC(=NCC(C)Oc1ccc(Cl)cc1)NC1CCc2nc(CC)nn2C1.I. The molecule has 160 valence electrons.